The summed E-state index contributed by atoms with van der Waals surface area (Å²) >= 11 is 0. The summed E-state index contributed by atoms with van der Waals surface area (Å²) in [7, 11) is 0. The Bertz CT molecular complexity index is 836. The van der Waals surface area contributed by atoms with Crippen LogP contribution in [0.5, 0.6) is 0 Å². The average Bonchev–Trinajstić information content (AvgIpc) is 2.63. The van der Waals surface area contributed by atoms with Crippen molar-refractivity contribution < 1.29 is 19.1 Å². The van der Waals surface area contributed by atoms with Gasteiger partial charge in [0.25, 0.3) is 11.8 Å². The molecule has 0 fully saturated rings. The van der Waals surface area contributed by atoms with Crippen LogP contribution in [0.1, 0.15) is 59.5 Å². The van der Waals surface area contributed by atoms with Crippen LogP contribution in [0.15, 0.2) is 48.5 Å². The van der Waals surface area contributed by atoms with Crippen LogP contribution in [-0.2, 0) is 21.6 Å². The molecule has 0 saturated heterocycles. The molecule has 6 nitrogen and oxygen atoms in total. The molecule has 2 aromatic rings. The van der Waals surface area contributed by atoms with Gasteiger partial charge in [0.05, 0.1) is 0 Å². The van der Waals surface area contributed by atoms with E-state index in [4.69, 9.17) is 4.74 Å². The highest BCUT2D eigenvalue weighted by Gasteiger charge is 2.21. The van der Waals surface area contributed by atoms with E-state index in [0.717, 1.165) is 11.1 Å². The van der Waals surface area contributed by atoms with Crippen LogP contribution in [0.25, 0.3) is 0 Å². The van der Waals surface area contributed by atoms with E-state index in [2.05, 4.69) is 10.9 Å². The zero-order valence-corrected chi connectivity index (χ0v) is 16.0. The maximum atomic E-state index is 12.5. The quantitative estimate of drug-likeness (QED) is 0.641. The second-order valence-electron chi connectivity index (χ2n) is 7.18. The monoisotopic (exact) mass is 368 g/mol. The van der Waals surface area contributed by atoms with E-state index in [1.54, 1.807) is 36.4 Å². The SMILES string of the molecule is CC(=O)OCc1ccc(C(=O)NNC(=O)c2ccccc2C(C)(C)C)cc1. The van der Waals surface area contributed by atoms with Gasteiger partial charge in [-0.05, 0) is 34.7 Å². The van der Waals surface area contributed by atoms with Gasteiger partial charge in [-0.2, -0.15) is 0 Å². The van der Waals surface area contributed by atoms with Gasteiger partial charge >= 0.3 is 5.97 Å². The number of nitrogens with one attached hydrogen (secondary N) is 2. The molecular formula is C21H24N2O4. The van der Waals surface area contributed by atoms with Crippen LogP contribution < -0.4 is 10.9 Å². The molecule has 0 aliphatic heterocycles. The van der Waals surface area contributed by atoms with Crippen LogP contribution in [0, 0.1) is 0 Å². The summed E-state index contributed by atoms with van der Waals surface area (Å²) in [4.78, 5) is 35.5. The Balaban J connectivity index is 1.99. The molecule has 2 rings (SSSR count). The van der Waals surface area contributed by atoms with E-state index < -0.39 is 5.91 Å². The molecule has 0 bridgehead atoms. The van der Waals surface area contributed by atoms with Gasteiger partial charge in [-0.3, -0.25) is 25.2 Å². The Hall–Kier alpha value is -3.15. The summed E-state index contributed by atoms with van der Waals surface area (Å²) < 4.78 is 4.90. The molecule has 2 amide bonds. The minimum absolute atomic E-state index is 0.150. The molecule has 2 N–H and O–H groups in total. The Labute approximate surface area is 158 Å². The van der Waals surface area contributed by atoms with Crippen molar-refractivity contribution in [2.45, 2.75) is 39.7 Å². The second-order valence-corrected chi connectivity index (χ2v) is 7.18. The van der Waals surface area contributed by atoms with Crippen molar-refractivity contribution >= 4 is 17.8 Å². The lowest BCUT2D eigenvalue weighted by Gasteiger charge is -2.22. The topological polar surface area (TPSA) is 84.5 Å². The number of esters is 1. The fourth-order valence-corrected chi connectivity index (χ4v) is 2.53. The number of hydrazine groups is 1. The van der Waals surface area contributed by atoms with Crippen LogP contribution in [0.4, 0.5) is 0 Å². The van der Waals surface area contributed by atoms with Crippen LogP contribution in [0.2, 0.25) is 0 Å². The predicted molar refractivity (Wildman–Crippen MR) is 102 cm³/mol. The highest BCUT2D eigenvalue weighted by Crippen LogP contribution is 2.25. The Morgan fingerprint density at radius 3 is 2.07 bits per heavy atom. The number of carbonyl (C=O) groups excluding carboxylic acids is 3. The Kier molecular flexibility index (Phi) is 6.34. The highest BCUT2D eigenvalue weighted by molar-refractivity contribution is 6.00. The van der Waals surface area contributed by atoms with Crippen molar-refractivity contribution in [1.82, 2.24) is 10.9 Å². The first-order chi connectivity index (χ1) is 12.7. The largest absolute Gasteiger partial charge is 0.461 e. The van der Waals surface area contributed by atoms with E-state index >= 15 is 0 Å². The molecule has 2 aromatic carbocycles. The molecule has 0 unspecified atom stereocenters. The fourth-order valence-electron chi connectivity index (χ4n) is 2.53. The van der Waals surface area contributed by atoms with Crippen molar-refractivity contribution in [3.8, 4) is 0 Å². The van der Waals surface area contributed by atoms with Gasteiger partial charge in [-0.15, -0.1) is 0 Å². The van der Waals surface area contributed by atoms with Crippen molar-refractivity contribution in [2.75, 3.05) is 0 Å². The smallest absolute Gasteiger partial charge is 0.302 e. The number of benzene rings is 2. The molecule has 6 heteroatoms. The number of carbonyl (C=O) groups is 3. The minimum atomic E-state index is -0.435. The molecule has 27 heavy (non-hydrogen) atoms. The van der Waals surface area contributed by atoms with Crippen molar-refractivity contribution in [1.29, 1.82) is 0 Å². The first-order valence-electron chi connectivity index (χ1n) is 8.61. The van der Waals surface area contributed by atoms with Crippen molar-refractivity contribution in [3.05, 3.63) is 70.8 Å². The third-order valence-corrected chi connectivity index (χ3v) is 3.93. The van der Waals surface area contributed by atoms with Gasteiger partial charge in [-0.1, -0.05) is 51.1 Å². The summed E-state index contributed by atoms with van der Waals surface area (Å²) in [5.74, 6) is -1.17. The number of hydrogen-bond donors (Lipinski definition) is 2. The minimum Gasteiger partial charge on any atom is -0.461 e. The molecule has 0 saturated carbocycles. The normalized spacial score (nSPS) is 10.8. The first kappa shape index (κ1) is 20.2. The maximum absolute atomic E-state index is 12.5. The molecule has 0 aliphatic carbocycles. The predicted octanol–water partition coefficient (Wildman–Crippen LogP) is 3.12. The highest BCUT2D eigenvalue weighted by atomic mass is 16.5. The van der Waals surface area contributed by atoms with Gasteiger partial charge in [0.2, 0.25) is 0 Å². The second kappa shape index (κ2) is 8.49. The Morgan fingerprint density at radius 2 is 1.48 bits per heavy atom. The third-order valence-electron chi connectivity index (χ3n) is 3.93. The van der Waals surface area contributed by atoms with E-state index in [1.807, 2.05) is 32.9 Å². The van der Waals surface area contributed by atoms with E-state index in [9.17, 15) is 14.4 Å². The maximum Gasteiger partial charge on any atom is 0.302 e. The average molecular weight is 368 g/mol. The number of amides is 2. The molecule has 142 valence electrons. The van der Waals surface area contributed by atoms with Gasteiger partial charge in [0.1, 0.15) is 6.61 Å². The van der Waals surface area contributed by atoms with E-state index in [1.165, 1.54) is 6.92 Å². The molecule has 0 spiro atoms. The van der Waals surface area contributed by atoms with E-state index in [-0.39, 0.29) is 23.9 Å². The fraction of sp³-hybridized carbons (Fsp3) is 0.286. The number of hydrogen-bond acceptors (Lipinski definition) is 4. The van der Waals surface area contributed by atoms with Gasteiger partial charge < -0.3 is 4.74 Å². The zero-order valence-electron chi connectivity index (χ0n) is 16.0. The summed E-state index contributed by atoms with van der Waals surface area (Å²) in [6, 6.07) is 13.9. The molecule has 0 heterocycles. The van der Waals surface area contributed by atoms with Crippen molar-refractivity contribution in [3.63, 3.8) is 0 Å². The van der Waals surface area contributed by atoms with Crippen molar-refractivity contribution in [2.24, 2.45) is 0 Å². The first-order valence-corrected chi connectivity index (χ1v) is 8.61. The van der Waals surface area contributed by atoms with Gasteiger partial charge in [0, 0.05) is 18.1 Å². The lowest BCUT2D eigenvalue weighted by Crippen LogP contribution is -2.42. The molecule has 0 aromatic heterocycles. The Morgan fingerprint density at radius 1 is 0.889 bits per heavy atom. The third kappa shape index (κ3) is 5.67. The van der Waals surface area contributed by atoms with Gasteiger partial charge in [-0.25, -0.2) is 0 Å². The lowest BCUT2D eigenvalue weighted by atomic mass is 9.83. The van der Waals surface area contributed by atoms with Crippen LogP contribution in [0.3, 0.4) is 0 Å². The van der Waals surface area contributed by atoms with Crippen LogP contribution >= 0.6 is 0 Å². The molecular weight excluding hydrogens is 344 g/mol. The zero-order chi connectivity index (χ0) is 20.0. The molecule has 0 atom stereocenters. The summed E-state index contributed by atoms with van der Waals surface area (Å²) in [5, 5.41) is 0. The standard InChI is InChI=1S/C21H24N2O4/c1-14(24)27-13-15-9-11-16(12-10-15)19(25)22-23-20(26)17-7-5-6-8-18(17)21(2,3)4/h5-12H,13H2,1-4H3,(H,22,25)(H,23,26). The number of rotatable bonds is 4. The van der Waals surface area contributed by atoms with Gasteiger partial charge in [0.15, 0.2) is 0 Å². The van der Waals surface area contributed by atoms with E-state index in [0.29, 0.717) is 11.1 Å². The number of ether oxygens (including phenoxy) is 1. The molecule has 0 aliphatic rings. The molecule has 0 radical (unpaired) electrons. The summed E-state index contributed by atoms with van der Waals surface area (Å²) in [6.45, 7) is 7.55. The van der Waals surface area contributed by atoms with Crippen LogP contribution in [-0.4, -0.2) is 17.8 Å². The summed E-state index contributed by atoms with van der Waals surface area (Å²) in [5.41, 5.74) is 7.24. The summed E-state index contributed by atoms with van der Waals surface area (Å²) in [6.07, 6.45) is 0. The lowest BCUT2D eigenvalue weighted by molar-refractivity contribution is -0.142.